The molecule has 0 saturated heterocycles. The molecule has 160 valence electrons. The first-order valence-electron chi connectivity index (χ1n) is 10.1. The summed E-state index contributed by atoms with van der Waals surface area (Å²) in [7, 11) is 1.65. The van der Waals surface area contributed by atoms with Crippen LogP contribution in [0.5, 0.6) is 5.75 Å². The Morgan fingerprint density at radius 2 is 1.90 bits per heavy atom. The number of hydrogen-bond donors (Lipinski definition) is 1. The lowest BCUT2D eigenvalue weighted by Gasteiger charge is -2.17. The van der Waals surface area contributed by atoms with E-state index in [4.69, 9.17) is 14.7 Å². The number of methoxy groups -OCH3 is 1. The molecular formula is C22H24N6O2S. The molecule has 31 heavy (non-hydrogen) atoms. The van der Waals surface area contributed by atoms with Crippen LogP contribution in [0.3, 0.4) is 0 Å². The highest BCUT2D eigenvalue weighted by Gasteiger charge is 2.32. The molecule has 0 aliphatic carbocycles. The van der Waals surface area contributed by atoms with Gasteiger partial charge in [0.05, 0.1) is 20.1 Å². The summed E-state index contributed by atoms with van der Waals surface area (Å²) in [6, 6.07) is 7.87. The number of hydrogen-bond acceptors (Lipinski definition) is 8. The zero-order chi connectivity index (χ0) is 21.6. The zero-order valence-electron chi connectivity index (χ0n) is 17.5. The van der Waals surface area contributed by atoms with Crippen molar-refractivity contribution >= 4 is 29.3 Å². The number of fused-ring (bicyclic) bond motifs is 1. The monoisotopic (exact) mass is 436 g/mol. The molecule has 3 heterocycles. The van der Waals surface area contributed by atoms with E-state index in [-0.39, 0.29) is 12.3 Å². The molecule has 8 nitrogen and oxygen atoms in total. The minimum Gasteiger partial charge on any atom is -0.497 e. The summed E-state index contributed by atoms with van der Waals surface area (Å²) < 4.78 is 5.22. The summed E-state index contributed by atoms with van der Waals surface area (Å²) in [5.74, 6) is 3.10. The number of carbonyl (C=O) groups excluding carboxylic acids is 1. The van der Waals surface area contributed by atoms with Crippen molar-refractivity contribution in [1.82, 2.24) is 19.9 Å². The number of thioether (sulfide) groups is 1. The summed E-state index contributed by atoms with van der Waals surface area (Å²) in [6.45, 7) is 3.10. The Hall–Kier alpha value is -3.20. The van der Waals surface area contributed by atoms with Crippen molar-refractivity contribution in [3.05, 3.63) is 59.7 Å². The van der Waals surface area contributed by atoms with Gasteiger partial charge in [-0.3, -0.25) is 9.69 Å². The molecule has 0 atom stereocenters. The van der Waals surface area contributed by atoms with Crippen molar-refractivity contribution in [3.63, 3.8) is 0 Å². The van der Waals surface area contributed by atoms with Crippen LogP contribution in [0.4, 0.5) is 11.6 Å². The molecular weight excluding hydrogens is 412 g/mol. The van der Waals surface area contributed by atoms with Crippen molar-refractivity contribution in [2.45, 2.75) is 38.0 Å². The molecule has 3 aromatic rings. The largest absolute Gasteiger partial charge is 0.497 e. The predicted molar refractivity (Wildman–Crippen MR) is 120 cm³/mol. The lowest BCUT2D eigenvalue weighted by molar-refractivity contribution is -0.117. The highest BCUT2D eigenvalue weighted by atomic mass is 32.2. The first-order valence-corrected chi connectivity index (χ1v) is 11.1. The molecule has 2 aromatic heterocycles. The Bertz CT molecular complexity index is 1050. The number of nitrogens with one attached hydrogen (secondary N) is 1. The van der Waals surface area contributed by atoms with Gasteiger partial charge in [0.2, 0.25) is 5.91 Å². The maximum atomic E-state index is 12.8. The summed E-state index contributed by atoms with van der Waals surface area (Å²) in [6.07, 6.45) is 6.20. The van der Waals surface area contributed by atoms with E-state index < -0.39 is 0 Å². The Labute approximate surface area is 185 Å². The smallest absolute Gasteiger partial charge is 0.233 e. The van der Waals surface area contributed by atoms with E-state index >= 15 is 0 Å². The minimum atomic E-state index is -0.00158. The molecule has 0 saturated carbocycles. The molecule has 0 bridgehead atoms. The third-order valence-corrected chi connectivity index (χ3v) is 5.91. The summed E-state index contributed by atoms with van der Waals surface area (Å²) in [5, 5.41) is 4.08. The maximum Gasteiger partial charge on any atom is 0.233 e. The van der Waals surface area contributed by atoms with Gasteiger partial charge in [-0.2, -0.15) is 0 Å². The summed E-state index contributed by atoms with van der Waals surface area (Å²) >= 11 is 1.60. The topological polar surface area (TPSA) is 93.1 Å². The van der Waals surface area contributed by atoms with Crippen LogP contribution >= 0.6 is 11.8 Å². The van der Waals surface area contributed by atoms with Crippen LogP contribution in [-0.4, -0.2) is 38.7 Å². The van der Waals surface area contributed by atoms with E-state index in [0.717, 1.165) is 34.6 Å². The van der Waals surface area contributed by atoms with Gasteiger partial charge in [-0.25, -0.2) is 19.9 Å². The fourth-order valence-corrected chi connectivity index (χ4v) is 3.99. The molecule has 0 radical (unpaired) electrons. The second-order valence-electron chi connectivity index (χ2n) is 7.11. The molecule has 1 aromatic carbocycles. The van der Waals surface area contributed by atoms with Gasteiger partial charge in [0.25, 0.3) is 0 Å². The lowest BCUT2D eigenvalue weighted by atomic mass is 10.2. The normalized spacial score (nSPS) is 12.7. The number of benzene rings is 1. The minimum absolute atomic E-state index is 0.00158. The van der Waals surface area contributed by atoms with Gasteiger partial charge in [-0.1, -0.05) is 30.8 Å². The lowest BCUT2D eigenvalue weighted by Crippen LogP contribution is -2.26. The molecule has 1 N–H and O–H groups in total. The highest BCUT2D eigenvalue weighted by molar-refractivity contribution is 7.99. The summed E-state index contributed by atoms with van der Waals surface area (Å²) in [5.41, 5.74) is 2.78. The van der Waals surface area contributed by atoms with Crippen molar-refractivity contribution in [2.75, 3.05) is 23.1 Å². The standard InChI is InChI=1S/C22H24N6O2S/c1-3-8-31-22-26-20(25-12-15-4-6-17(30-2)7-5-15)18-9-19(29)28(21(18)27-22)13-16-10-23-14-24-11-16/h4-7,10-11,14H,3,8-9,12-13H2,1-2H3,(H,25,26,27). The number of ether oxygens (including phenoxy) is 1. The average Bonchev–Trinajstić information content (AvgIpc) is 3.12. The quantitative estimate of drug-likeness (QED) is 0.403. The number of carbonyl (C=O) groups is 1. The van der Waals surface area contributed by atoms with Crippen LogP contribution in [0, 0.1) is 0 Å². The van der Waals surface area contributed by atoms with Gasteiger partial charge in [-0.05, 0) is 24.1 Å². The number of nitrogens with zero attached hydrogens (tertiary/aromatic N) is 5. The second-order valence-corrected chi connectivity index (χ2v) is 8.17. The van der Waals surface area contributed by atoms with Gasteiger partial charge in [0.15, 0.2) is 5.16 Å². The van der Waals surface area contributed by atoms with Crippen LogP contribution < -0.4 is 15.0 Å². The molecule has 1 aliphatic rings. The Kier molecular flexibility index (Phi) is 6.61. The molecule has 0 spiro atoms. The highest BCUT2D eigenvalue weighted by Crippen LogP contribution is 2.35. The third-order valence-electron chi connectivity index (χ3n) is 4.86. The number of aromatic nitrogens is 4. The Morgan fingerprint density at radius 1 is 1.13 bits per heavy atom. The van der Waals surface area contributed by atoms with Crippen LogP contribution in [0.25, 0.3) is 0 Å². The number of rotatable bonds is 9. The second kappa shape index (κ2) is 9.74. The molecule has 4 rings (SSSR count). The Morgan fingerprint density at radius 3 is 2.61 bits per heavy atom. The zero-order valence-corrected chi connectivity index (χ0v) is 18.4. The van der Waals surface area contributed by atoms with E-state index in [9.17, 15) is 4.79 Å². The average molecular weight is 437 g/mol. The fourth-order valence-electron chi connectivity index (χ4n) is 3.29. The van der Waals surface area contributed by atoms with Gasteiger partial charge in [0.1, 0.15) is 23.7 Å². The molecule has 0 unspecified atom stereocenters. The number of anilines is 2. The van der Waals surface area contributed by atoms with Crippen LogP contribution in [0.2, 0.25) is 0 Å². The van der Waals surface area contributed by atoms with E-state index in [1.165, 1.54) is 6.33 Å². The van der Waals surface area contributed by atoms with Crippen molar-refractivity contribution in [3.8, 4) is 5.75 Å². The van der Waals surface area contributed by atoms with Crippen LogP contribution in [0.1, 0.15) is 30.0 Å². The van der Waals surface area contributed by atoms with Crippen LogP contribution in [-0.2, 0) is 24.3 Å². The predicted octanol–water partition coefficient (Wildman–Crippen LogP) is 3.48. The van der Waals surface area contributed by atoms with Gasteiger partial charge >= 0.3 is 0 Å². The maximum absolute atomic E-state index is 12.8. The van der Waals surface area contributed by atoms with Gasteiger partial charge in [-0.15, -0.1) is 0 Å². The molecule has 1 amide bonds. The van der Waals surface area contributed by atoms with Crippen molar-refractivity contribution < 1.29 is 9.53 Å². The SMILES string of the molecule is CCCSc1nc(NCc2ccc(OC)cc2)c2c(n1)N(Cc1cncnc1)C(=O)C2. The van der Waals surface area contributed by atoms with Gasteiger partial charge in [0, 0.05) is 35.8 Å². The van der Waals surface area contributed by atoms with E-state index in [0.29, 0.717) is 29.9 Å². The van der Waals surface area contributed by atoms with E-state index in [1.807, 2.05) is 24.3 Å². The van der Waals surface area contributed by atoms with Crippen LogP contribution in [0.15, 0.2) is 48.1 Å². The number of amides is 1. The molecule has 0 fully saturated rings. The Balaban J connectivity index is 1.61. The van der Waals surface area contributed by atoms with Gasteiger partial charge < -0.3 is 10.1 Å². The van der Waals surface area contributed by atoms with Crippen molar-refractivity contribution in [2.24, 2.45) is 0 Å². The van der Waals surface area contributed by atoms with E-state index in [1.54, 1.807) is 36.2 Å². The third kappa shape index (κ3) is 4.93. The summed E-state index contributed by atoms with van der Waals surface area (Å²) in [4.78, 5) is 32.1. The van der Waals surface area contributed by atoms with Crippen molar-refractivity contribution in [1.29, 1.82) is 0 Å². The first kappa shape index (κ1) is 21.0. The molecule has 1 aliphatic heterocycles. The first-order chi connectivity index (χ1) is 15.2. The fraction of sp³-hybridized carbons (Fsp3) is 0.318. The molecule has 9 heteroatoms. The van der Waals surface area contributed by atoms with E-state index in [2.05, 4.69) is 22.2 Å².